The molecule has 1 rings (SSSR count). The van der Waals surface area contributed by atoms with E-state index in [4.69, 9.17) is 28.4 Å². The molecular formula is C28H46O8. The van der Waals surface area contributed by atoms with E-state index in [9.17, 15) is 9.59 Å². The topological polar surface area (TPSA) is 89.5 Å². The van der Waals surface area contributed by atoms with Crippen LogP contribution < -0.4 is 0 Å². The Bertz CT molecular complexity index is 681. The van der Waals surface area contributed by atoms with Gasteiger partial charge in [0.05, 0.1) is 37.6 Å². The van der Waals surface area contributed by atoms with Gasteiger partial charge in [0.25, 0.3) is 0 Å². The lowest BCUT2D eigenvalue weighted by Gasteiger charge is -2.30. The summed E-state index contributed by atoms with van der Waals surface area (Å²) in [6.45, 7) is 12.8. The first-order valence-corrected chi connectivity index (χ1v) is 13.4. The number of esters is 2. The summed E-state index contributed by atoms with van der Waals surface area (Å²) in [5.74, 6) is -4.64. The summed E-state index contributed by atoms with van der Waals surface area (Å²) in [6, 6.07) is 6.31. The summed E-state index contributed by atoms with van der Waals surface area (Å²) in [4.78, 5) is 26.4. The highest BCUT2D eigenvalue weighted by Crippen LogP contribution is 2.24. The number of carbonyl (C=O) groups is 2. The fourth-order valence-corrected chi connectivity index (χ4v) is 3.09. The van der Waals surface area contributed by atoms with Crippen molar-refractivity contribution in [3.8, 4) is 0 Å². The van der Waals surface area contributed by atoms with Crippen molar-refractivity contribution in [1.29, 1.82) is 0 Å². The molecule has 206 valence electrons. The van der Waals surface area contributed by atoms with Crippen LogP contribution >= 0.6 is 0 Å². The highest BCUT2D eigenvalue weighted by Gasteiger charge is 2.36. The zero-order valence-electron chi connectivity index (χ0n) is 23.1. The molecule has 1 aromatic carbocycles. The van der Waals surface area contributed by atoms with Crippen molar-refractivity contribution in [2.24, 2.45) is 0 Å². The molecule has 0 aliphatic heterocycles. The molecule has 0 atom stereocenters. The molecule has 1 aromatic rings. The highest BCUT2D eigenvalue weighted by atomic mass is 16.9. The predicted molar refractivity (Wildman–Crippen MR) is 138 cm³/mol. The van der Waals surface area contributed by atoms with Gasteiger partial charge in [-0.2, -0.15) is 0 Å². The summed E-state index contributed by atoms with van der Waals surface area (Å²) in [5.41, 5.74) is 0.0766. The molecule has 8 heteroatoms. The predicted octanol–water partition coefficient (Wildman–Crippen LogP) is 6.61. The third-order valence-electron chi connectivity index (χ3n) is 5.37. The molecule has 0 spiro atoms. The third-order valence-corrected chi connectivity index (χ3v) is 5.37. The zero-order chi connectivity index (χ0) is 26.9. The molecule has 0 fully saturated rings. The van der Waals surface area contributed by atoms with Gasteiger partial charge in [-0.25, -0.2) is 9.59 Å². The molecule has 0 aliphatic rings. The van der Waals surface area contributed by atoms with Crippen LogP contribution in [-0.2, 0) is 28.4 Å². The van der Waals surface area contributed by atoms with E-state index in [2.05, 4.69) is 0 Å². The largest absolute Gasteiger partial charge is 0.404 e. The lowest BCUT2D eigenvalue weighted by atomic mass is 10.1. The molecule has 0 bridgehead atoms. The van der Waals surface area contributed by atoms with E-state index in [0.29, 0.717) is 26.4 Å². The standard InChI is InChI=1S/C28H46O8/c1-7-11-19-31-27(5,32-20-12-8-2)35-25(29)23-17-15-16-18-24(23)26(30)36-28(6,33-21-13-9-3)34-22-14-10-4/h15-18H,7-14,19-22H2,1-6H3. The lowest BCUT2D eigenvalue weighted by molar-refractivity contribution is -0.346. The molecule has 8 nitrogen and oxygen atoms in total. The molecule has 0 aliphatic carbocycles. The van der Waals surface area contributed by atoms with Gasteiger partial charge in [0.1, 0.15) is 0 Å². The third kappa shape index (κ3) is 11.8. The smallest absolute Gasteiger partial charge is 0.343 e. The first kappa shape index (κ1) is 32.0. The van der Waals surface area contributed by atoms with Gasteiger partial charge < -0.3 is 28.4 Å². The Kier molecular flexibility index (Phi) is 15.5. The van der Waals surface area contributed by atoms with Gasteiger partial charge >= 0.3 is 23.9 Å². The van der Waals surface area contributed by atoms with Crippen LogP contribution in [0.4, 0.5) is 0 Å². The normalized spacial score (nSPS) is 11.9. The molecule has 0 unspecified atom stereocenters. The number of benzene rings is 1. The van der Waals surface area contributed by atoms with Crippen molar-refractivity contribution in [2.75, 3.05) is 26.4 Å². The van der Waals surface area contributed by atoms with Crippen LogP contribution in [0.3, 0.4) is 0 Å². The van der Waals surface area contributed by atoms with E-state index < -0.39 is 23.9 Å². The van der Waals surface area contributed by atoms with Crippen LogP contribution in [0.1, 0.15) is 114 Å². The van der Waals surface area contributed by atoms with Crippen molar-refractivity contribution in [1.82, 2.24) is 0 Å². The van der Waals surface area contributed by atoms with Gasteiger partial charge in [-0.15, -0.1) is 0 Å². The SMILES string of the molecule is CCCCOC(C)(OCCCC)OC(=O)c1ccccc1C(=O)OC(C)(OCCCC)OCCCC. The van der Waals surface area contributed by atoms with Crippen molar-refractivity contribution < 1.29 is 38.0 Å². The maximum absolute atomic E-state index is 13.2. The van der Waals surface area contributed by atoms with Crippen LogP contribution in [0.15, 0.2) is 24.3 Å². The van der Waals surface area contributed by atoms with Crippen LogP contribution in [0.5, 0.6) is 0 Å². The molecule has 36 heavy (non-hydrogen) atoms. The van der Waals surface area contributed by atoms with Gasteiger partial charge in [-0.05, 0) is 37.8 Å². The van der Waals surface area contributed by atoms with Gasteiger partial charge in [0, 0.05) is 13.8 Å². The first-order chi connectivity index (χ1) is 17.2. The number of hydrogen-bond donors (Lipinski definition) is 0. The minimum absolute atomic E-state index is 0.0383. The average molecular weight is 511 g/mol. The maximum Gasteiger partial charge on any atom is 0.343 e. The number of hydrogen-bond acceptors (Lipinski definition) is 8. The van der Waals surface area contributed by atoms with E-state index >= 15 is 0 Å². The van der Waals surface area contributed by atoms with Crippen LogP contribution in [0.2, 0.25) is 0 Å². The van der Waals surface area contributed by atoms with E-state index in [1.807, 2.05) is 27.7 Å². The van der Waals surface area contributed by atoms with Crippen LogP contribution in [0, 0.1) is 0 Å². The molecule has 0 amide bonds. The second-order valence-electron chi connectivity index (χ2n) is 8.86. The minimum Gasteiger partial charge on any atom is -0.404 e. The molecular weight excluding hydrogens is 464 g/mol. The fraction of sp³-hybridized carbons (Fsp3) is 0.714. The summed E-state index contributed by atoms with van der Waals surface area (Å²) in [5, 5.41) is 0. The molecule has 0 heterocycles. The Balaban J connectivity index is 3.06. The van der Waals surface area contributed by atoms with Gasteiger partial charge in [-0.3, -0.25) is 0 Å². The maximum atomic E-state index is 13.2. The first-order valence-electron chi connectivity index (χ1n) is 13.4. The van der Waals surface area contributed by atoms with Crippen LogP contribution in [0.25, 0.3) is 0 Å². The lowest BCUT2D eigenvalue weighted by Crippen LogP contribution is -2.40. The number of carbonyl (C=O) groups excluding carboxylic acids is 2. The van der Waals surface area contributed by atoms with E-state index in [1.54, 1.807) is 26.0 Å². The van der Waals surface area contributed by atoms with E-state index in [-0.39, 0.29) is 11.1 Å². The van der Waals surface area contributed by atoms with Crippen LogP contribution in [-0.4, -0.2) is 50.3 Å². The fourth-order valence-electron chi connectivity index (χ4n) is 3.09. The second-order valence-corrected chi connectivity index (χ2v) is 8.86. The van der Waals surface area contributed by atoms with Crippen molar-refractivity contribution in [2.45, 2.75) is 105 Å². The van der Waals surface area contributed by atoms with Crippen molar-refractivity contribution in [3.05, 3.63) is 35.4 Å². The van der Waals surface area contributed by atoms with Gasteiger partial charge in [0.15, 0.2) is 0 Å². The monoisotopic (exact) mass is 510 g/mol. The van der Waals surface area contributed by atoms with Crippen molar-refractivity contribution in [3.63, 3.8) is 0 Å². The Morgan fingerprint density at radius 1 is 0.583 bits per heavy atom. The summed E-state index contributed by atoms with van der Waals surface area (Å²) in [6.07, 6.45) is 6.87. The number of rotatable bonds is 20. The number of unbranched alkanes of at least 4 members (excludes halogenated alkanes) is 4. The molecule has 0 aromatic heterocycles. The summed E-state index contributed by atoms with van der Waals surface area (Å²) >= 11 is 0. The van der Waals surface area contributed by atoms with E-state index in [0.717, 1.165) is 51.4 Å². The zero-order valence-corrected chi connectivity index (χ0v) is 23.1. The second kappa shape index (κ2) is 17.5. The van der Waals surface area contributed by atoms with Gasteiger partial charge in [-0.1, -0.05) is 65.5 Å². The highest BCUT2D eigenvalue weighted by molar-refractivity contribution is 6.03. The molecule has 0 saturated heterocycles. The van der Waals surface area contributed by atoms with Gasteiger partial charge in [0.2, 0.25) is 0 Å². The quantitative estimate of drug-likeness (QED) is 0.110. The Labute approximate surface area is 216 Å². The Morgan fingerprint density at radius 3 is 1.11 bits per heavy atom. The Hall–Kier alpha value is -2.00. The molecule has 0 N–H and O–H groups in total. The Morgan fingerprint density at radius 2 is 0.861 bits per heavy atom. The van der Waals surface area contributed by atoms with Crippen molar-refractivity contribution >= 4 is 11.9 Å². The molecule has 0 radical (unpaired) electrons. The average Bonchev–Trinajstić information content (AvgIpc) is 2.84. The van der Waals surface area contributed by atoms with E-state index in [1.165, 1.54) is 12.1 Å². The number of ether oxygens (including phenoxy) is 6. The summed E-state index contributed by atoms with van der Waals surface area (Å²) < 4.78 is 34.4. The summed E-state index contributed by atoms with van der Waals surface area (Å²) in [7, 11) is 0. The molecule has 0 saturated carbocycles. The minimum atomic E-state index is -1.57.